The molecule has 58 valence electrons. The minimum atomic E-state index is -0.0177. The Bertz CT molecular complexity index is 294. The van der Waals surface area contributed by atoms with E-state index in [0.717, 1.165) is 12.2 Å². The van der Waals surface area contributed by atoms with Gasteiger partial charge in [-0.3, -0.25) is 0 Å². The summed E-state index contributed by atoms with van der Waals surface area (Å²) in [6, 6.07) is -0.0177. The molecule has 0 bridgehead atoms. The Morgan fingerprint density at radius 2 is 2.45 bits per heavy atom. The molecule has 1 N–H and O–H groups in total. The molecule has 3 nitrogen and oxygen atoms in total. The highest BCUT2D eigenvalue weighted by Crippen LogP contribution is 2.25. The summed E-state index contributed by atoms with van der Waals surface area (Å²) < 4.78 is 0. The van der Waals surface area contributed by atoms with E-state index in [1.54, 1.807) is 23.3 Å². The van der Waals surface area contributed by atoms with E-state index in [1.165, 1.54) is 5.56 Å². The molecule has 4 heteroatoms. The van der Waals surface area contributed by atoms with Gasteiger partial charge in [-0.25, -0.2) is 4.79 Å². The molecule has 0 fully saturated rings. The van der Waals surface area contributed by atoms with E-state index in [9.17, 15) is 4.79 Å². The van der Waals surface area contributed by atoms with Gasteiger partial charge in [0, 0.05) is 24.5 Å². The van der Waals surface area contributed by atoms with Crippen LogP contribution in [0.2, 0.25) is 0 Å². The summed E-state index contributed by atoms with van der Waals surface area (Å²) in [6.07, 6.45) is 0. The van der Waals surface area contributed by atoms with Crippen molar-refractivity contribution in [1.29, 1.82) is 0 Å². The average molecular weight is 168 g/mol. The fourth-order valence-electron chi connectivity index (χ4n) is 1.09. The largest absolute Gasteiger partial charge is 0.323 e. The number of fused-ring (bicyclic) bond motifs is 1. The number of nitrogens with one attached hydrogen (secondary N) is 1. The highest BCUT2D eigenvalue weighted by atomic mass is 32.1. The van der Waals surface area contributed by atoms with Crippen molar-refractivity contribution in [2.75, 3.05) is 12.4 Å². The smallest absolute Gasteiger partial charge is 0.321 e. The van der Waals surface area contributed by atoms with E-state index < -0.39 is 0 Å². The lowest BCUT2D eigenvalue weighted by Crippen LogP contribution is -2.34. The van der Waals surface area contributed by atoms with Crippen LogP contribution in [0.5, 0.6) is 0 Å². The number of anilines is 1. The number of carbonyl (C=O) groups is 1. The van der Waals surface area contributed by atoms with Crippen molar-refractivity contribution < 1.29 is 4.79 Å². The number of urea groups is 1. The first-order chi connectivity index (χ1) is 5.27. The zero-order chi connectivity index (χ0) is 7.84. The molecule has 1 aromatic rings. The number of hydrogen-bond acceptors (Lipinski definition) is 2. The third-order valence-electron chi connectivity index (χ3n) is 1.74. The lowest BCUT2D eigenvalue weighted by molar-refractivity contribution is 0.218. The van der Waals surface area contributed by atoms with E-state index >= 15 is 0 Å². The molecule has 0 spiro atoms. The molecular weight excluding hydrogens is 160 g/mol. The molecular formula is C7H8N2OS. The molecule has 2 rings (SSSR count). The Kier molecular flexibility index (Phi) is 1.35. The summed E-state index contributed by atoms with van der Waals surface area (Å²) in [5, 5.41) is 6.81. The maximum absolute atomic E-state index is 11.1. The van der Waals surface area contributed by atoms with Crippen LogP contribution in [0.1, 0.15) is 5.56 Å². The Morgan fingerprint density at radius 3 is 3.27 bits per heavy atom. The SMILES string of the molecule is CN1Cc2cscc2NC1=O. The van der Waals surface area contributed by atoms with Crippen molar-refractivity contribution in [1.82, 2.24) is 4.90 Å². The lowest BCUT2D eigenvalue weighted by atomic mass is 10.2. The van der Waals surface area contributed by atoms with Gasteiger partial charge in [0.25, 0.3) is 0 Å². The predicted octanol–water partition coefficient (Wildman–Crippen LogP) is 1.73. The lowest BCUT2D eigenvalue weighted by Gasteiger charge is -2.23. The molecule has 0 saturated carbocycles. The number of thiophene rings is 1. The number of nitrogens with zero attached hydrogens (tertiary/aromatic N) is 1. The normalized spacial score (nSPS) is 16.1. The van der Waals surface area contributed by atoms with Gasteiger partial charge >= 0.3 is 6.03 Å². The minimum Gasteiger partial charge on any atom is -0.323 e. The van der Waals surface area contributed by atoms with Crippen molar-refractivity contribution in [2.24, 2.45) is 0 Å². The van der Waals surface area contributed by atoms with Crippen LogP contribution >= 0.6 is 11.3 Å². The first kappa shape index (κ1) is 6.67. The second kappa shape index (κ2) is 2.23. The second-order valence-electron chi connectivity index (χ2n) is 2.60. The zero-order valence-electron chi connectivity index (χ0n) is 6.13. The third-order valence-corrected chi connectivity index (χ3v) is 2.53. The van der Waals surface area contributed by atoms with Gasteiger partial charge in [0.1, 0.15) is 0 Å². The fourth-order valence-corrected chi connectivity index (χ4v) is 1.87. The predicted molar refractivity (Wildman–Crippen MR) is 44.8 cm³/mol. The van der Waals surface area contributed by atoms with Crippen LogP contribution in [0.3, 0.4) is 0 Å². The molecule has 0 saturated heterocycles. The van der Waals surface area contributed by atoms with Crippen LogP contribution in [0, 0.1) is 0 Å². The van der Waals surface area contributed by atoms with Crippen LogP contribution in [0.4, 0.5) is 10.5 Å². The number of hydrogen-bond donors (Lipinski definition) is 1. The van der Waals surface area contributed by atoms with Gasteiger partial charge in [0.15, 0.2) is 0 Å². The molecule has 0 radical (unpaired) electrons. The van der Waals surface area contributed by atoms with E-state index in [0.29, 0.717) is 0 Å². The van der Waals surface area contributed by atoms with E-state index in [1.807, 2.05) is 5.38 Å². The molecule has 1 aromatic heterocycles. The fraction of sp³-hybridized carbons (Fsp3) is 0.286. The monoisotopic (exact) mass is 168 g/mol. The molecule has 0 atom stereocenters. The summed E-state index contributed by atoms with van der Waals surface area (Å²) in [4.78, 5) is 12.7. The summed E-state index contributed by atoms with van der Waals surface area (Å²) >= 11 is 1.62. The van der Waals surface area contributed by atoms with E-state index in [4.69, 9.17) is 0 Å². The van der Waals surface area contributed by atoms with Gasteiger partial charge in [0.2, 0.25) is 0 Å². The van der Waals surface area contributed by atoms with Crippen molar-refractivity contribution in [2.45, 2.75) is 6.54 Å². The summed E-state index contributed by atoms with van der Waals surface area (Å²) in [6.45, 7) is 0.727. The molecule has 1 aliphatic rings. The van der Waals surface area contributed by atoms with E-state index in [-0.39, 0.29) is 6.03 Å². The maximum atomic E-state index is 11.1. The Hall–Kier alpha value is -1.03. The van der Waals surface area contributed by atoms with Crippen LogP contribution in [-0.2, 0) is 6.54 Å². The van der Waals surface area contributed by atoms with Crippen LogP contribution < -0.4 is 5.32 Å². The number of rotatable bonds is 0. The van der Waals surface area contributed by atoms with Crippen LogP contribution in [-0.4, -0.2) is 18.0 Å². The van der Waals surface area contributed by atoms with Crippen molar-refractivity contribution in [3.8, 4) is 0 Å². The molecule has 2 heterocycles. The molecule has 0 aromatic carbocycles. The van der Waals surface area contributed by atoms with Crippen molar-refractivity contribution in [3.63, 3.8) is 0 Å². The minimum absolute atomic E-state index is 0.0177. The molecule has 11 heavy (non-hydrogen) atoms. The van der Waals surface area contributed by atoms with Crippen LogP contribution in [0.15, 0.2) is 10.8 Å². The quantitative estimate of drug-likeness (QED) is 0.628. The molecule has 0 unspecified atom stereocenters. The van der Waals surface area contributed by atoms with Gasteiger partial charge in [-0.15, -0.1) is 11.3 Å². The molecule has 1 aliphatic heterocycles. The first-order valence-electron chi connectivity index (χ1n) is 3.34. The van der Waals surface area contributed by atoms with Crippen LogP contribution in [0.25, 0.3) is 0 Å². The Labute approximate surface area is 68.6 Å². The van der Waals surface area contributed by atoms with Crippen molar-refractivity contribution in [3.05, 3.63) is 16.3 Å². The van der Waals surface area contributed by atoms with Gasteiger partial charge in [0.05, 0.1) is 5.69 Å². The summed E-state index contributed by atoms with van der Waals surface area (Å²) in [5.41, 5.74) is 2.18. The molecule has 2 amide bonds. The summed E-state index contributed by atoms with van der Waals surface area (Å²) in [7, 11) is 1.79. The van der Waals surface area contributed by atoms with Gasteiger partial charge in [-0.05, 0) is 5.38 Å². The van der Waals surface area contributed by atoms with Crippen molar-refractivity contribution >= 4 is 23.1 Å². The zero-order valence-corrected chi connectivity index (χ0v) is 6.94. The van der Waals surface area contributed by atoms with Gasteiger partial charge < -0.3 is 10.2 Å². The number of carbonyl (C=O) groups excluding carboxylic acids is 1. The van der Waals surface area contributed by atoms with Gasteiger partial charge in [-0.2, -0.15) is 0 Å². The second-order valence-corrected chi connectivity index (χ2v) is 3.34. The molecule has 0 aliphatic carbocycles. The highest BCUT2D eigenvalue weighted by molar-refractivity contribution is 7.08. The third kappa shape index (κ3) is 0.991. The highest BCUT2D eigenvalue weighted by Gasteiger charge is 2.18. The first-order valence-corrected chi connectivity index (χ1v) is 4.29. The van der Waals surface area contributed by atoms with Gasteiger partial charge in [-0.1, -0.05) is 0 Å². The maximum Gasteiger partial charge on any atom is 0.321 e. The average Bonchev–Trinajstić information content (AvgIpc) is 2.36. The number of amides is 2. The van der Waals surface area contributed by atoms with E-state index in [2.05, 4.69) is 10.7 Å². The topological polar surface area (TPSA) is 32.3 Å². The standard InChI is InChI=1S/C7H8N2OS/c1-9-2-5-3-11-4-6(5)8-7(9)10/h3-4H,2H2,1H3,(H,8,10). The summed E-state index contributed by atoms with van der Waals surface area (Å²) in [5.74, 6) is 0. The Morgan fingerprint density at radius 1 is 1.64 bits per heavy atom. The Balaban J connectivity index is 2.37.